The van der Waals surface area contributed by atoms with Crippen LogP contribution in [-0.2, 0) is 20.9 Å². The maximum atomic E-state index is 12.9. The first kappa shape index (κ1) is 21.1. The van der Waals surface area contributed by atoms with Crippen molar-refractivity contribution in [3.8, 4) is 0 Å². The van der Waals surface area contributed by atoms with Gasteiger partial charge in [0.2, 0.25) is 17.7 Å². The van der Waals surface area contributed by atoms with Gasteiger partial charge >= 0.3 is 0 Å². The zero-order valence-electron chi connectivity index (χ0n) is 17.1. The van der Waals surface area contributed by atoms with Gasteiger partial charge in [-0.05, 0) is 24.1 Å². The number of hydrogen-bond donors (Lipinski definition) is 2. The molecular weight excluding hydrogens is 402 g/mol. The van der Waals surface area contributed by atoms with E-state index >= 15 is 0 Å². The number of nitrogens with two attached hydrogens (primary N) is 1. The van der Waals surface area contributed by atoms with E-state index in [1.807, 2.05) is 11.0 Å². The summed E-state index contributed by atoms with van der Waals surface area (Å²) in [5.74, 6) is -1.96. The molecule has 0 bridgehead atoms. The minimum absolute atomic E-state index is 0.0670. The summed E-state index contributed by atoms with van der Waals surface area (Å²) in [5.41, 5.74) is 6.89. The maximum absolute atomic E-state index is 12.9. The Morgan fingerprint density at radius 1 is 1.03 bits per heavy atom. The molecule has 3 N–H and O–H groups in total. The van der Waals surface area contributed by atoms with Gasteiger partial charge in [0.25, 0.3) is 11.8 Å². The summed E-state index contributed by atoms with van der Waals surface area (Å²) in [6.07, 6.45) is 0.579. The smallest absolute Gasteiger partial charge is 0.262 e. The van der Waals surface area contributed by atoms with Crippen LogP contribution in [0.5, 0.6) is 0 Å². The number of hydrogen-bond acceptors (Lipinski definition) is 7. The first-order chi connectivity index (χ1) is 14.9. The molecule has 0 saturated carbocycles. The van der Waals surface area contributed by atoms with E-state index in [9.17, 15) is 24.0 Å². The van der Waals surface area contributed by atoms with Crippen LogP contribution in [0.15, 0.2) is 18.2 Å². The fourth-order valence-corrected chi connectivity index (χ4v) is 4.31. The molecule has 4 rings (SSSR count). The Morgan fingerprint density at radius 2 is 1.74 bits per heavy atom. The van der Waals surface area contributed by atoms with E-state index < -0.39 is 29.7 Å². The lowest BCUT2D eigenvalue weighted by molar-refractivity contribution is -0.136. The Bertz CT molecular complexity index is 953. The van der Waals surface area contributed by atoms with Crippen LogP contribution in [0.2, 0.25) is 0 Å². The standard InChI is InChI=1S/C21H25N5O5/c22-6-5-18(28)25-9-7-24(8-10-25)12-13-1-2-14-15(11-13)21(31)26(20(14)30)16-3-4-17(27)23-19(16)29/h1-2,11,16H,3-10,12,22H2,(H,23,27,29). The lowest BCUT2D eigenvalue weighted by Gasteiger charge is -2.34. The Balaban J connectivity index is 1.43. The minimum Gasteiger partial charge on any atom is -0.340 e. The Hall–Kier alpha value is -3.11. The second-order valence-corrected chi connectivity index (χ2v) is 8.02. The number of piperazine rings is 1. The third-order valence-corrected chi connectivity index (χ3v) is 5.99. The zero-order chi connectivity index (χ0) is 22.1. The quantitative estimate of drug-likeness (QED) is 0.581. The van der Waals surface area contributed by atoms with Gasteiger partial charge in [-0.3, -0.25) is 39.1 Å². The molecule has 3 heterocycles. The van der Waals surface area contributed by atoms with Crippen molar-refractivity contribution in [3.63, 3.8) is 0 Å². The largest absolute Gasteiger partial charge is 0.340 e. The van der Waals surface area contributed by atoms with E-state index in [1.54, 1.807) is 12.1 Å². The molecule has 1 unspecified atom stereocenters. The van der Waals surface area contributed by atoms with E-state index in [0.29, 0.717) is 45.7 Å². The molecule has 3 aliphatic rings. The van der Waals surface area contributed by atoms with E-state index in [4.69, 9.17) is 5.73 Å². The van der Waals surface area contributed by atoms with Crippen molar-refractivity contribution >= 4 is 29.5 Å². The van der Waals surface area contributed by atoms with Crippen molar-refractivity contribution in [1.82, 2.24) is 20.0 Å². The topological polar surface area (TPSA) is 133 Å². The van der Waals surface area contributed by atoms with Gasteiger partial charge in [0, 0.05) is 52.1 Å². The number of rotatable bonds is 5. The fourth-order valence-electron chi connectivity index (χ4n) is 4.31. The van der Waals surface area contributed by atoms with Crippen molar-refractivity contribution in [2.75, 3.05) is 32.7 Å². The highest BCUT2D eigenvalue weighted by atomic mass is 16.2. The van der Waals surface area contributed by atoms with Crippen LogP contribution in [0, 0.1) is 0 Å². The van der Waals surface area contributed by atoms with Crippen LogP contribution in [0.25, 0.3) is 0 Å². The first-order valence-corrected chi connectivity index (χ1v) is 10.4. The van der Waals surface area contributed by atoms with Crippen LogP contribution in [0.1, 0.15) is 45.5 Å². The number of amides is 5. The molecule has 2 fully saturated rings. The Kier molecular flexibility index (Phi) is 5.84. The third-order valence-electron chi connectivity index (χ3n) is 5.99. The van der Waals surface area contributed by atoms with Crippen LogP contribution >= 0.6 is 0 Å². The summed E-state index contributed by atoms with van der Waals surface area (Å²) in [7, 11) is 0. The summed E-state index contributed by atoms with van der Waals surface area (Å²) in [6.45, 7) is 3.61. The van der Waals surface area contributed by atoms with E-state index in [0.717, 1.165) is 10.5 Å². The molecular formula is C21H25N5O5. The van der Waals surface area contributed by atoms with Crippen molar-refractivity contribution < 1.29 is 24.0 Å². The predicted octanol–water partition coefficient (Wildman–Crippen LogP) is -0.919. The van der Waals surface area contributed by atoms with Gasteiger partial charge < -0.3 is 10.6 Å². The number of piperidine rings is 1. The normalized spacial score (nSPS) is 22.0. The number of fused-ring (bicyclic) bond motifs is 1. The van der Waals surface area contributed by atoms with Gasteiger partial charge in [0.15, 0.2) is 0 Å². The summed E-state index contributed by atoms with van der Waals surface area (Å²) in [6, 6.07) is 4.17. The van der Waals surface area contributed by atoms with Crippen molar-refractivity contribution in [1.29, 1.82) is 0 Å². The third kappa shape index (κ3) is 4.08. The molecule has 0 aliphatic carbocycles. The molecule has 164 valence electrons. The van der Waals surface area contributed by atoms with E-state index in [1.165, 1.54) is 0 Å². The van der Waals surface area contributed by atoms with Gasteiger partial charge in [-0.25, -0.2) is 0 Å². The van der Waals surface area contributed by atoms with E-state index in [2.05, 4.69) is 10.2 Å². The molecule has 0 spiro atoms. The molecule has 1 atom stereocenters. The zero-order valence-corrected chi connectivity index (χ0v) is 17.1. The Labute approximate surface area is 179 Å². The number of nitrogens with one attached hydrogen (secondary N) is 1. The first-order valence-electron chi connectivity index (χ1n) is 10.4. The fraction of sp³-hybridized carbons (Fsp3) is 0.476. The molecule has 10 nitrogen and oxygen atoms in total. The molecule has 5 amide bonds. The van der Waals surface area contributed by atoms with Crippen LogP contribution < -0.4 is 11.1 Å². The van der Waals surface area contributed by atoms with Crippen LogP contribution in [0.3, 0.4) is 0 Å². The average Bonchev–Trinajstić information content (AvgIpc) is 2.99. The lowest BCUT2D eigenvalue weighted by atomic mass is 10.0. The Morgan fingerprint density at radius 3 is 2.42 bits per heavy atom. The molecule has 2 saturated heterocycles. The summed E-state index contributed by atoms with van der Waals surface area (Å²) in [5, 5.41) is 2.19. The predicted molar refractivity (Wildman–Crippen MR) is 109 cm³/mol. The molecule has 0 radical (unpaired) electrons. The van der Waals surface area contributed by atoms with Crippen molar-refractivity contribution in [3.05, 3.63) is 34.9 Å². The lowest BCUT2D eigenvalue weighted by Crippen LogP contribution is -2.54. The number of benzene rings is 1. The number of nitrogens with zero attached hydrogens (tertiary/aromatic N) is 3. The highest BCUT2D eigenvalue weighted by Crippen LogP contribution is 2.28. The van der Waals surface area contributed by atoms with Crippen molar-refractivity contribution in [2.24, 2.45) is 5.73 Å². The monoisotopic (exact) mass is 427 g/mol. The molecule has 0 aromatic heterocycles. The highest BCUT2D eigenvalue weighted by Gasteiger charge is 2.44. The number of imide groups is 2. The van der Waals surface area contributed by atoms with Gasteiger partial charge in [0.1, 0.15) is 6.04 Å². The van der Waals surface area contributed by atoms with E-state index in [-0.39, 0.29) is 29.9 Å². The highest BCUT2D eigenvalue weighted by molar-refractivity contribution is 6.23. The summed E-state index contributed by atoms with van der Waals surface area (Å²) in [4.78, 5) is 66.2. The molecule has 1 aromatic carbocycles. The maximum Gasteiger partial charge on any atom is 0.262 e. The number of carbonyl (C=O) groups is 5. The second kappa shape index (κ2) is 8.56. The summed E-state index contributed by atoms with van der Waals surface area (Å²) < 4.78 is 0. The average molecular weight is 427 g/mol. The van der Waals surface area contributed by atoms with Gasteiger partial charge in [-0.1, -0.05) is 6.07 Å². The van der Waals surface area contributed by atoms with Gasteiger partial charge in [-0.2, -0.15) is 0 Å². The molecule has 1 aromatic rings. The summed E-state index contributed by atoms with van der Waals surface area (Å²) >= 11 is 0. The van der Waals surface area contributed by atoms with Crippen LogP contribution in [-0.4, -0.2) is 83.0 Å². The minimum atomic E-state index is -0.965. The van der Waals surface area contributed by atoms with Crippen LogP contribution in [0.4, 0.5) is 0 Å². The number of carbonyl (C=O) groups excluding carboxylic acids is 5. The SMILES string of the molecule is NCCC(=O)N1CCN(Cc2ccc3c(c2)C(=O)N(C2CCC(=O)NC2=O)C3=O)CC1. The molecule has 31 heavy (non-hydrogen) atoms. The molecule has 10 heteroatoms. The second-order valence-electron chi connectivity index (χ2n) is 8.02. The van der Waals surface area contributed by atoms with Gasteiger partial charge in [-0.15, -0.1) is 0 Å². The van der Waals surface area contributed by atoms with Crippen molar-refractivity contribution in [2.45, 2.75) is 31.8 Å². The molecule has 3 aliphatic heterocycles. The van der Waals surface area contributed by atoms with Gasteiger partial charge in [0.05, 0.1) is 11.1 Å².